The van der Waals surface area contributed by atoms with Crippen LogP contribution in [0.15, 0.2) is 48.6 Å². The van der Waals surface area contributed by atoms with Crippen molar-refractivity contribution in [2.24, 2.45) is 0 Å². The van der Waals surface area contributed by atoms with Crippen molar-refractivity contribution in [3.05, 3.63) is 48.6 Å². The van der Waals surface area contributed by atoms with Crippen LogP contribution in [0.1, 0.15) is 245 Å². The third-order valence-electron chi connectivity index (χ3n) is 10.6. The lowest BCUT2D eigenvalue weighted by atomic mass is 10.1. The maximum atomic E-state index is 12.7. The first kappa shape index (κ1) is 55.4. The minimum Gasteiger partial charge on any atom is -0.462 e. The topological polar surface area (TPSA) is 78.9 Å². The van der Waals surface area contributed by atoms with Gasteiger partial charge in [0, 0.05) is 19.3 Å². The number of allylic oxidation sites excluding steroid dienone is 8. The minimum absolute atomic E-state index is 0.0820. The zero-order valence-electron chi connectivity index (χ0n) is 38.3. The number of hydrogen-bond donors (Lipinski definition) is 0. The van der Waals surface area contributed by atoms with Crippen LogP contribution in [0.3, 0.4) is 0 Å². The molecule has 0 rings (SSSR count). The summed E-state index contributed by atoms with van der Waals surface area (Å²) in [6, 6.07) is 0. The van der Waals surface area contributed by atoms with E-state index in [-0.39, 0.29) is 31.1 Å². The van der Waals surface area contributed by atoms with Crippen molar-refractivity contribution in [1.29, 1.82) is 0 Å². The zero-order valence-corrected chi connectivity index (χ0v) is 38.3. The Morgan fingerprint density at radius 3 is 1.02 bits per heavy atom. The van der Waals surface area contributed by atoms with Gasteiger partial charge in [0.1, 0.15) is 13.2 Å². The number of rotatable bonds is 44. The number of carbonyl (C=O) groups excluding carboxylic acids is 3. The summed E-state index contributed by atoms with van der Waals surface area (Å²) in [5, 5.41) is 0. The molecule has 0 aromatic rings. The monoisotopic (exact) mass is 813 g/mol. The molecule has 0 spiro atoms. The van der Waals surface area contributed by atoms with Crippen LogP contribution in [0.5, 0.6) is 0 Å². The molecule has 0 heterocycles. The summed E-state index contributed by atoms with van der Waals surface area (Å²) in [6.07, 6.45) is 55.1. The van der Waals surface area contributed by atoms with E-state index < -0.39 is 6.10 Å². The van der Waals surface area contributed by atoms with Gasteiger partial charge in [-0.3, -0.25) is 14.4 Å². The van der Waals surface area contributed by atoms with Crippen LogP contribution in [0.2, 0.25) is 0 Å². The molecule has 0 radical (unpaired) electrons. The average molecular weight is 813 g/mol. The molecule has 0 N–H and O–H groups in total. The van der Waals surface area contributed by atoms with Crippen molar-refractivity contribution in [2.75, 3.05) is 13.2 Å². The van der Waals surface area contributed by atoms with Crippen molar-refractivity contribution in [1.82, 2.24) is 0 Å². The molecule has 0 aromatic heterocycles. The summed E-state index contributed by atoms with van der Waals surface area (Å²) >= 11 is 0. The number of esters is 3. The molecule has 0 aliphatic carbocycles. The number of hydrogen-bond acceptors (Lipinski definition) is 6. The van der Waals surface area contributed by atoms with Gasteiger partial charge in [0.05, 0.1) is 0 Å². The van der Waals surface area contributed by atoms with E-state index in [0.29, 0.717) is 19.3 Å². The largest absolute Gasteiger partial charge is 0.462 e. The van der Waals surface area contributed by atoms with E-state index in [1.54, 1.807) is 0 Å². The molecule has 0 fully saturated rings. The maximum Gasteiger partial charge on any atom is 0.306 e. The molecule has 58 heavy (non-hydrogen) atoms. The van der Waals surface area contributed by atoms with Gasteiger partial charge in [-0.1, -0.05) is 191 Å². The van der Waals surface area contributed by atoms with Gasteiger partial charge in [-0.25, -0.2) is 0 Å². The molecular weight excluding hydrogens is 721 g/mol. The molecule has 0 bridgehead atoms. The zero-order chi connectivity index (χ0) is 42.3. The average Bonchev–Trinajstić information content (AvgIpc) is 3.22. The summed E-state index contributed by atoms with van der Waals surface area (Å²) in [7, 11) is 0. The van der Waals surface area contributed by atoms with Gasteiger partial charge in [-0.2, -0.15) is 0 Å². The van der Waals surface area contributed by atoms with Gasteiger partial charge >= 0.3 is 17.9 Å². The molecule has 0 aromatic carbocycles. The molecule has 6 heteroatoms. The second-order valence-electron chi connectivity index (χ2n) is 16.4. The Balaban J connectivity index is 4.40. The van der Waals surface area contributed by atoms with Crippen molar-refractivity contribution in [3.63, 3.8) is 0 Å². The summed E-state index contributed by atoms with van der Waals surface area (Å²) in [5.41, 5.74) is 0. The first-order valence-electron chi connectivity index (χ1n) is 24.6. The quantitative estimate of drug-likeness (QED) is 0.0264. The van der Waals surface area contributed by atoms with Crippen LogP contribution in [-0.2, 0) is 28.6 Å². The van der Waals surface area contributed by atoms with Crippen LogP contribution in [0.4, 0.5) is 0 Å². The van der Waals surface area contributed by atoms with Gasteiger partial charge in [0.25, 0.3) is 0 Å². The SMILES string of the molecule is CCCCC/C=C\C/C=C\C/C=C\CCCCCCC(=O)OC[C@@H](COC(=O)CCCCCCCCCCCCC)OC(=O)CCCCCCC/C=C\CCCCC. The van der Waals surface area contributed by atoms with E-state index in [2.05, 4.69) is 69.4 Å². The predicted molar refractivity (Wildman–Crippen MR) is 247 cm³/mol. The molecule has 1 atom stereocenters. The molecule has 0 saturated carbocycles. The van der Waals surface area contributed by atoms with Crippen molar-refractivity contribution >= 4 is 17.9 Å². The van der Waals surface area contributed by atoms with Gasteiger partial charge < -0.3 is 14.2 Å². The lowest BCUT2D eigenvalue weighted by molar-refractivity contribution is -0.167. The Morgan fingerprint density at radius 2 is 0.621 bits per heavy atom. The molecule has 0 aliphatic heterocycles. The summed E-state index contributed by atoms with van der Waals surface area (Å²) < 4.78 is 16.7. The fraction of sp³-hybridized carbons (Fsp3) is 0.788. The normalized spacial score (nSPS) is 12.4. The van der Waals surface area contributed by atoms with Crippen LogP contribution in [0.25, 0.3) is 0 Å². The molecule has 0 aliphatic rings. The number of ether oxygens (including phenoxy) is 3. The standard InChI is InChI=1S/C52H92O6/c1-4-7-10-13-16-19-22-24-25-26-27-28-31-33-36-39-42-45-51(54)57-48-49(47-56-50(53)44-41-38-35-32-29-21-18-15-12-9-6-3)58-52(55)46-43-40-37-34-30-23-20-17-14-11-8-5-2/h16-17,19-20,24-25,27-28,49H,4-15,18,21-23,26,29-48H2,1-3H3/b19-16-,20-17-,25-24-,28-27-/t49-/m1/s1. The molecule has 0 saturated heterocycles. The van der Waals surface area contributed by atoms with Gasteiger partial charge in [0.15, 0.2) is 6.10 Å². The number of unbranched alkanes of at least 4 members (excludes halogenated alkanes) is 25. The third kappa shape index (κ3) is 44.5. The molecule has 0 amide bonds. The predicted octanol–water partition coefficient (Wildman–Crippen LogP) is 15.9. The summed E-state index contributed by atoms with van der Waals surface area (Å²) in [4.78, 5) is 37.8. The van der Waals surface area contributed by atoms with Gasteiger partial charge in [-0.15, -0.1) is 0 Å². The van der Waals surface area contributed by atoms with Crippen molar-refractivity contribution in [2.45, 2.75) is 252 Å². The Kier molecular flexibility index (Phi) is 44.9. The number of carbonyl (C=O) groups is 3. The molecule has 336 valence electrons. The second kappa shape index (κ2) is 47.1. The van der Waals surface area contributed by atoms with Crippen LogP contribution in [-0.4, -0.2) is 37.2 Å². The Bertz CT molecular complexity index is 1030. The lowest BCUT2D eigenvalue weighted by Crippen LogP contribution is -2.30. The van der Waals surface area contributed by atoms with E-state index in [1.165, 1.54) is 109 Å². The highest BCUT2D eigenvalue weighted by atomic mass is 16.6. The molecule has 0 unspecified atom stereocenters. The highest BCUT2D eigenvalue weighted by Crippen LogP contribution is 2.14. The minimum atomic E-state index is -0.782. The smallest absolute Gasteiger partial charge is 0.306 e. The molecular formula is C52H92O6. The van der Waals surface area contributed by atoms with E-state index in [9.17, 15) is 14.4 Å². The highest BCUT2D eigenvalue weighted by molar-refractivity contribution is 5.71. The van der Waals surface area contributed by atoms with Crippen LogP contribution >= 0.6 is 0 Å². The van der Waals surface area contributed by atoms with Gasteiger partial charge in [-0.05, 0) is 83.5 Å². The third-order valence-corrected chi connectivity index (χ3v) is 10.6. The summed E-state index contributed by atoms with van der Waals surface area (Å²) in [5.74, 6) is -0.911. The fourth-order valence-corrected chi connectivity index (χ4v) is 6.80. The van der Waals surface area contributed by atoms with E-state index in [0.717, 1.165) is 96.3 Å². The Labute approximate surface area is 358 Å². The van der Waals surface area contributed by atoms with Crippen LogP contribution in [0, 0.1) is 0 Å². The Hall–Kier alpha value is -2.63. The highest BCUT2D eigenvalue weighted by Gasteiger charge is 2.19. The van der Waals surface area contributed by atoms with E-state index in [4.69, 9.17) is 14.2 Å². The van der Waals surface area contributed by atoms with E-state index >= 15 is 0 Å². The van der Waals surface area contributed by atoms with Gasteiger partial charge in [0.2, 0.25) is 0 Å². The first-order valence-corrected chi connectivity index (χ1v) is 24.6. The molecule has 6 nitrogen and oxygen atoms in total. The van der Waals surface area contributed by atoms with Crippen LogP contribution < -0.4 is 0 Å². The van der Waals surface area contributed by atoms with Crippen molar-refractivity contribution < 1.29 is 28.6 Å². The van der Waals surface area contributed by atoms with E-state index in [1.807, 2.05) is 0 Å². The lowest BCUT2D eigenvalue weighted by Gasteiger charge is -2.18. The maximum absolute atomic E-state index is 12.7. The van der Waals surface area contributed by atoms with Crippen molar-refractivity contribution in [3.8, 4) is 0 Å². The second-order valence-corrected chi connectivity index (χ2v) is 16.4. The first-order chi connectivity index (χ1) is 28.5. The fourth-order valence-electron chi connectivity index (χ4n) is 6.80. The summed E-state index contributed by atoms with van der Waals surface area (Å²) in [6.45, 7) is 6.55. The Morgan fingerprint density at radius 1 is 0.345 bits per heavy atom.